The van der Waals surface area contributed by atoms with Gasteiger partial charge in [-0.2, -0.15) is 0 Å². The zero-order chi connectivity index (χ0) is 40.0. The van der Waals surface area contributed by atoms with E-state index in [-0.39, 0.29) is 5.41 Å². The Balaban J connectivity index is 1.07. The van der Waals surface area contributed by atoms with E-state index < -0.39 is 5.41 Å². The quantitative estimate of drug-likeness (QED) is 0.168. The molecule has 10 aromatic rings. The molecule has 0 N–H and O–H groups in total. The molecule has 0 saturated heterocycles. The van der Waals surface area contributed by atoms with Gasteiger partial charge in [0, 0.05) is 42.5 Å². The molecular weight excluding hydrogens is 743 g/mol. The highest BCUT2D eigenvalue weighted by Gasteiger charge is 2.53. The molecule has 9 aromatic carbocycles. The zero-order valence-electron chi connectivity index (χ0n) is 33.6. The Kier molecular flexibility index (Phi) is 7.73. The molecule has 0 unspecified atom stereocenters. The molecule has 0 atom stereocenters. The number of rotatable bonds is 5. The molecule has 1 spiro atoms. The minimum absolute atomic E-state index is 0.150. The molecule has 0 radical (unpaired) electrons. The standard InChI is InChI=1S/C58H41NS/c1-57(2)48-20-9-11-22-50(48)58(51-23-12-10-21-49(51)57)47-19-8-6-18-45(47)56-52(58)24-14-25-53(56)59(42-32-27-39(28-33-42)38-15-4-3-5-16-38)43-34-29-40(30-35-43)41-31-36-55-46(37-41)44-17-7-13-26-54(44)60-55/h3-37H,1-2H3. The van der Waals surface area contributed by atoms with Gasteiger partial charge in [-0.05, 0) is 110 Å². The third-order valence-electron chi connectivity index (χ3n) is 13.4. The van der Waals surface area contributed by atoms with Gasteiger partial charge in [0.2, 0.25) is 0 Å². The van der Waals surface area contributed by atoms with Crippen molar-refractivity contribution in [3.8, 4) is 33.4 Å². The van der Waals surface area contributed by atoms with Gasteiger partial charge >= 0.3 is 0 Å². The summed E-state index contributed by atoms with van der Waals surface area (Å²) in [6.07, 6.45) is 0. The van der Waals surface area contributed by atoms with Crippen LogP contribution in [0.4, 0.5) is 17.1 Å². The van der Waals surface area contributed by atoms with Crippen LogP contribution >= 0.6 is 11.3 Å². The first-order valence-electron chi connectivity index (χ1n) is 20.9. The second-order valence-electron chi connectivity index (χ2n) is 16.8. The Morgan fingerprint density at radius 3 is 1.55 bits per heavy atom. The van der Waals surface area contributed by atoms with Gasteiger partial charge in [-0.25, -0.2) is 0 Å². The molecule has 2 aliphatic carbocycles. The van der Waals surface area contributed by atoms with Crippen LogP contribution in [0, 0.1) is 0 Å². The molecule has 2 heteroatoms. The second-order valence-corrected chi connectivity index (χ2v) is 17.9. The summed E-state index contributed by atoms with van der Waals surface area (Å²) in [5.41, 5.74) is 18.4. The summed E-state index contributed by atoms with van der Waals surface area (Å²) in [7, 11) is 0. The molecule has 0 amide bonds. The van der Waals surface area contributed by atoms with E-state index in [9.17, 15) is 0 Å². The molecule has 0 aliphatic heterocycles. The van der Waals surface area contributed by atoms with Crippen LogP contribution in [-0.4, -0.2) is 0 Å². The van der Waals surface area contributed by atoms with Crippen molar-refractivity contribution in [3.05, 3.63) is 246 Å². The number of thiophene rings is 1. The van der Waals surface area contributed by atoms with Crippen molar-refractivity contribution in [1.29, 1.82) is 0 Å². The Morgan fingerprint density at radius 1 is 0.367 bits per heavy atom. The zero-order valence-corrected chi connectivity index (χ0v) is 34.4. The number of hydrogen-bond acceptors (Lipinski definition) is 2. The second kappa shape index (κ2) is 13.3. The van der Waals surface area contributed by atoms with Crippen LogP contribution in [0.15, 0.2) is 212 Å². The summed E-state index contributed by atoms with van der Waals surface area (Å²) < 4.78 is 2.65. The Labute approximate surface area is 355 Å². The van der Waals surface area contributed by atoms with E-state index in [0.717, 1.165) is 11.4 Å². The van der Waals surface area contributed by atoms with Crippen molar-refractivity contribution >= 4 is 48.6 Å². The van der Waals surface area contributed by atoms with Crippen LogP contribution in [-0.2, 0) is 10.8 Å². The maximum Gasteiger partial charge on any atom is 0.0720 e. The smallest absolute Gasteiger partial charge is 0.0720 e. The van der Waals surface area contributed by atoms with Gasteiger partial charge in [0.25, 0.3) is 0 Å². The predicted octanol–water partition coefficient (Wildman–Crippen LogP) is 15.9. The number of fused-ring (bicyclic) bond motifs is 12. The summed E-state index contributed by atoms with van der Waals surface area (Å²) in [4.78, 5) is 2.48. The first-order chi connectivity index (χ1) is 29.5. The maximum atomic E-state index is 2.48. The van der Waals surface area contributed by atoms with Crippen molar-refractivity contribution < 1.29 is 0 Å². The van der Waals surface area contributed by atoms with E-state index in [1.165, 1.54) is 92.6 Å². The summed E-state index contributed by atoms with van der Waals surface area (Å²) in [6, 6.07) is 79.2. The normalized spacial score (nSPS) is 14.1. The number of nitrogens with zero attached hydrogens (tertiary/aromatic N) is 1. The number of hydrogen-bond donors (Lipinski definition) is 0. The van der Waals surface area contributed by atoms with E-state index in [0.29, 0.717) is 0 Å². The van der Waals surface area contributed by atoms with Gasteiger partial charge in [0.15, 0.2) is 0 Å². The van der Waals surface area contributed by atoms with Gasteiger partial charge < -0.3 is 4.90 Å². The highest BCUT2D eigenvalue weighted by atomic mass is 32.1. The molecule has 12 rings (SSSR count). The lowest BCUT2D eigenvalue weighted by Gasteiger charge is -2.46. The molecular formula is C58H41NS. The largest absolute Gasteiger partial charge is 0.310 e. The van der Waals surface area contributed by atoms with Crippen molar-refractivity contribution in [2.24, 2.45) is 0 Å². The van der Waals surface area contributed by atoms with Gasteiger partial charge in [0.1, 0.15) is 0 Å². The summed E-state index contributed by atoms with van der Waals surface area (Å²) >= 11 is 1.87. The van der Waals surface area contributed by atoms with E-state index in [2.05, 4.69) is 231 Å². The lowest BCUT2D eigenvalue weighted by atomic mass is 9.55. The monoisotopic (exact) mass is 783 g/mol. The number of anilines is 3. The lowest BCUT2D eigenvalue weighted by Crippen LogP contribution is -2.40. The van der Waals surface area contributed by atoms with Gasteiger partial charge in [-0.15, -0.1) is 11.3 Å². The van der Waals surface area contributed by atoms with Gasteiger partial charge in [-0.3, -0.25) is 0 Å². The van der Waals surface area contributed by atoms with E-state index >= 15 is 0 Å². The van der Waals surface area contributed by atoms with Crippen LogP contribution in [0.1, 0.15) is 47.2 Å². The van der Waals surface area contributed by atoms with Crippen molar-refractivity contribution in [2.75, 3.05) is 4.90 Å². The summed E-state index contributed by atoms with van der Waals surface area (Å²) in [5, 5.41) is 2.64. The third-order valence-corrected chi connectivity index (χ3v) is 14.5. The highest BCUT2D eigenvalue weighted by Crippen LogP contribution is 2.64. The molecule has 1 aromatic heterocycles. The van der Waals surface area contributed by atoms with Gasteiger partial charge in [0.05, 0.1) is 11.1 Å². The molecule has 0 fully saturated rings. The fraction of sp³-hybridized carbons (Fsp3) is 0.0690. The first kappa shape index (κ1) is 35.0. The fourth-order valence-electron chi connectivity index (χ4n) is 10.6. The van der Waals surface area contributed by atoms with E-state index in [4.69, 9.17) is 0 Å². The molecule has 1 nitrogen and oxygen atoms in total. The summed E-state index contributed by atoms with van der Waals surface area (Å²) in [5.74, 6) is 0. The van der Waals surface area contributed by atoms with Crippen LogP contribution < -0.4 is 4.90 Å². The molecule has 0 saturated carbocycles. The minimum atomic E-state index is -0.470. The SMILES string of the molecule is CC1(C)c2ccccc2C2(c3ccccc3-c3c(N(c4ccc(-c5ccccc5)cc4)c4ccc(-c5ccc6sc7ccccc7c6c5)cc4)cccc32)c2ccccc21. The molecule has 60 heavy (non-hydrogen) atoms. The third kappa shape index (κ3) is 4.98. The van der Waals surface area contributed by atoms with E-state index in [1.54, 1.807) is 0 Å². The number of benzene rings is 9. The summed E-state index contributed by atoms with van der Waals surface area (Å²) in [6.45, 7) is 4.78. The maximum absolute atomic E-state index is 2.48. The van der Waals surface area contributed by atoms with Crippen molar-refractivity contribution in [3.63, 3.8) is 0 Å². The van der Waals surface area contributed by atoms with Crippen molar-refractivity contribution in [1.82, 2.24) is 0 Å². The van der Waals surface area contributed by atoms with Crippen molar-refractivity contribution in [2.45, 2.75) is 24.7 Å². The lowest BCUT2D eigenvalue weighted by molar-refractivity contribution is 0.563. The molecule has 1 heterocycles. The topological polar surface area (TPSA) is 3.24 Å². The van der Waals surface area contributed by atoms with Crippen LogP contribution in [0.5, 0.6) is 0 Å². The minimum Gasteiger partial charge on any atom is -0.310 e. The fourth-order valence-corrected chi connectivity index (χ4v) is 11.7. The Morgan fingerprint density at radius 2 is 0.867 bits per heavy atom. The molecule has 2 aliphatic rings. The van der Waals surface area contributed by atoms with Crippen LogP contribution in [0.25, 0.3) is 53.6 Å². The van der Waals surface area contributed by atoms with E-state index in [1.807, 2.05) is 11.3 Å². The Hall–Kier alpha value is -7.00. The van der Waals surface area contributed by atoms with Crippen LogP contribution in [0.3, 0.4) is 0 Å². The Bertz CT molecular complexity index is 3230. The first-order valence-corrected chi connectivity index (χ1v) is 21.7. The van der Waals surface area contributed by atoms with Gasteiger partial charge in [-0.1, -0.05) is 178 Å². The highest BCUT2D eigenvalue weighted by molar-refractivity contribution is 7.25. The van der Waals surface area contributed by atoms with Crippen LogP contribution in [0.2, 0.25) is 0 Å². The average Bonchev–Trinajstić information content (AvgIpc) is 3.83. The average molecular weight is 784 g/mol. The molecule has 0 bridgehead atoms. The predicted molar refractivity (Wildman–Crippen MR) is 254 cm³/mol. The molecule has 284 valence electrons.